The molecule has 6 aliphatic heterocycles. The maximum Gasteiger partial charge on any atom is 0.407 e. The molecular formula is C77H90N2O18Si. The quantitative estimate of drug-likeness (QED) is 0.0412. The predicted molar refractivity (Wildman–Crippen MR) is 360 cm³/mol. The Kier molecular flexibility index (Phi) is 21.6. The third-order valence-corrected chi connectivity index (χ3v) is 25.3. The number of ether oxygens (including phenoxy) is 13. The Morgan fingerprint density at radius 1 is 0.551 bits per heavy atom. The Morgan fingerprint density at radius 3 is 1.66 bits per heavy atom. The lowest BCUT2D eigenvalue weighted by molar-refractivity contribution is -0.352. The van der Waals surface area contributed by atoms with E-state index in [-0.39, 0.29) is 50.2 Å². The highest BCUT2D eigenvalue weighted by molar-refractivity contribution is 6.99. The minimum atomic E-state index is -3.64. The molecule has 0 radical (unpaired) electrons. The van der Waals surface area contributed by atoms with Crippen molar-refractivity contribution in [3.8, 4) is 0 Å². The number of esters is 2. The monoisotopic (exact) mass is 1360 g/mol. The normalized spacial score (nSPS) is 33.0. The third-order valence-electron chi connectivity index (χ3n) is 20.3. The van der Waals surface area contributed by atoms with Crippen LogP contribution in [0.1, 0.15) is 115 Å². The van der Waals surface area contributed by atoms with Gasteiger partial charge in [-0.1, -0.05) is 224 Å². The van der Waals surface area contributed by atoms with Gasteiger partial charge in [-0.05, 0) is 63.7 Å². The van der Waals surface area contributed by atoms with Crippen LogP contribution < -0.4 is 21.0 Å². The van der Waals surface area contributed by atoms with Gasteiger partial charge in [-0.25, -0.2) is 9.59 Å². The van der Waals surface area contributed by atoms with Gasteiger partial charge in [0.25, 0.3) is 8.32 Å². The van der Waals surface area contributed by atoms with Crippen molar-refractivity contribution < 1.29 is 85.2 Å². The highest BCUT2D eigenvalue weighted by Crippen LogP contribution is 2.48. The molecule has 7 aliphatic rings. The maximum absolute atomic E-state index is 14.5. The van der Waals surface area contributed by atoms with Crippen LogP contribution in [0.4, 0.5) is 9.59 Å². The van der Waals surface area contributed by atoms with Gasteiger partial charge in [0, 0.05) is 24.3 Å². The number of alkyl carbamates (subject to hydrolysis) is 2. The van der Waals surface area contributed by atoms with Crippen molar-refractivity contribution in [3.63, 3.8) is 0 Å². The summed E-state index contributed by atoms with van der Waals surface area (Å²) in [6.45, 7) is 14.0. The van der Waals surface area contributed by atoms with Gasteiger partial charge in [-0.2, -0.15) is 0 Å². The van der Waals surface area contributed by atoms with Crippen LogP contribution in [-0.4, -0.2) is 137 Å². The molecule has 0 bridgehead atoms. The van der Waals surface area contributed by atoms with Gasteiger partial charge in [0.15, 0.2) is 31.3 Å². The highest BCUT2D eigenvalue weighted by atomic mass is 28.4. The van der Waals surface area contributed by atoms with Crippen molar-refractivity contribution in [1.82, 2.24) is 10.6 Å². The summed E-state index contributed by atoms with van der Waals surface area (Å²) in [6.07, 6.45) is -14.0. The first-order valence-electron chi connectivity index (χ1n) is 34.6. The molecular weight excluding hydrogens is 1270 g/mol. The van der Waals surface area contributed by atoms with Gasteiger partial charge < -0.3 is 76.6 Å². The number of rotatable bonds is 20. The van der Waals surface area contributed by atoms with Crippen LogP contribution in [0.5, 0.6) is 0 Å². The molecule has 1 saturated carbocycles. The lowest BCUT2D eigenvalue weighted by Crippen LogP contribution is -2.70. The lowest BCUT2D eigenvalue weighted by Gasteiger charge is -2.51. The summed E-state index contributed by atoms with van der Waals surface area (Å²) in [4.78, 5) is 56.0. The van der Waals surface area contributed by atoms with E-state index in [0.717, 1.165) is 32.6 Å². The first-order valence-corrected chi connectivity index (χ1v) is 36.5. The van der Waals surface area contributed by atoms with E-state index >= 15 is 0 Å². The summed E-state index contributed by atoms with van der Waals surface area (Å²) < 4.78 is 96.9. The molecule has 98 heavy (non-hydrogen) atoms. The first-order chi connectivity index (χ1) is 47.5. The van der Waals surface area contributed by atoms with Gasteiger partial charge in [0.05, 0.1) is 49.6 Å². The molecule has 2 amide bonds. The average molecular weight is 1360 g/mol. The van der Waals surface area contributed by atoms with Crippen molar-refractivity contribution in [2.24, 2.45) is 17.8 Å². The van der Waals surface area contributed by atoms with Gasteiger partial charge in [0.1, 0.15) is 55.9 Å². The van der Waals surface area contributed by atoms with Gasteiger partial charge in [0.2, 0.25) is 0 Å². The van der Waals surface area contributed by atoms with Gasteiger partial charge in [-0.3, -0.25) is 9.59 Å². The Hall–Kier alpha value is -7.38. The summed E-state index contributed by atoms with van der Waals surface area (Å²) in [7, 11) is -3.64. The summed E-state index contributed by atoms with van der Waals surface area (Å²) in [5.74, 6) is -2.02. The number of hydrogen-bond donors (Lipinski definition) is 2. The fraction of sp³-hybridized carbons (Fsp3) is 0.481. The maximum atomic E-state index is 14.5. The van der Waals surface area contributed by atoms with Gasteiger partial charge >= 0.3 is 24.1 Å². The molecule has 6 aromatic rings. The van der Waals surface area contributed by atoms with Crippen molar-refractivity contribution in [2.75, 3.05) is 6.61 Å². The van der Waals surface area contributed by atoms with Crippen LogP contribution in [0, 0.1) is 17.8 Å². The number of nitrogens with one attached hydrogen (secondary N) is 2. The van der Waals surface area contributed by atoms with Crippen molar-refractivity contribution >= 4 is 42.8 Å². The van der Waals surface area contributed by atoms with E-state index in [1.165, 1.54) is 6.92 Å². The molecule has 6 aromatic carbocycles. The predicted octanol–water partition coefficient (Wildman–Crippen LogP) is 10.8. The van der Waals surface area contributed by atoms with E-state index in [1.807, 2.05) is 172 Å². The minimum absolute atomic E-state index is 0.0153. The molecule has 1 aliphatic carbocycles. The summed E-state index contributed by atoms with van der Waals surface area (Å²) in [5, 5.41) is 7.49. The molecule has 0 aromatic heterocycles. The van der Waals surface area contributed by atoms with Crippen LogP contribution in [0.25, 0.3) is 0 Å². The molecule has 520 valence electrons. The number of fused-ring (bicyclic) bond motifs is 3. The third kappa shape index (κ3) is 15.0. The number of amides is 2. The van der Waals surface area contributed by atoms with Gasteiger partial charge in [-0.15, -0.1) is 0 Å². The summed E-state index contributed by atoms with van der Waals surface area (Å²) in [6, 6.07) is 56.5. The number of carbonyl (C=O) groups excluding carboxylic acids is 4. The molecule has 21 heteroatoms. The smallest absolute Gasteiger partial charge is 0.407 e. The van der Waals surface area contributed by atoms with Crippen molar-refractivity contribution in [1.29, 1.82) is 0 Å². The second-order valence-corrected chi connectivity index (χ2v) is 32.1. The van der Waals surface area contributed by atoms with E-state index in [2.05, 4.69) is 62.6 Å². The van der Waals surface area contributed by atoms with Crippen LogP contribution in [0.3, 0.4) is 0 Å². The molecule has 2 unspecified atom stereocenters. The zero-order chi connectivity index (χ0) is 68.1. The SMILES string of the molecule is CC[C@H]1O[C@@H](O[C@@H]2[C@H]3OC(=O)C[C@@H]3C[C@H](C)[C@H]2O[C@H]2O[C@@H]3COC(c4ccccc4)O[C@H]3[C@@H](C)[C@H]2NC(=O)OCc2ccccc2)[C@H](O[Si](c2ccccc2)(c2ccccc2)C(C)(C)C)[C@@H]1O[C@H]1O[C@H]2CCC(c3ccccc3)O[C@H]2[C@H](OC(C)=O)[C@H]1NC(=O)OCc1ccccc1. The minimum Gasteiger partial charge on any atom is -0.459 e. The largest absolute Gasteiger partial charge is 0.459 e. The molecule has 2 N–H and O–H groups in total. The van der Waals surface area contributed by atoms with E-state index in [0.29, 0.717) is 25.7 Å². The fourth-order valence-electron chi connectivity index (χ4n) is 15.6. The Balaban J connectivity index is 0.880. The van der Waals surface area contributed by atoms with E-state index in [4.69, 9.17) is 66.0 Å². The highest BCUT2D eigenvalue weighted by Gasteiger charge is 2.62. The van der Waals surface area contributed by atoms with Crippen LogP contribution >= 0.6 is 0 Å². The first kappa shape index (κ1) is 69.1. The van der Waals surface area contributed by atoms with E-state index in [9.17, 15) is 19.2 Å². The molecule has 20 nitrogen and oxygen atoms in total. The van der Waals surface area contributed by atoms with Crippen molar-refractivity contribution in [3.05, 3.63) is 204 Å². The molecule has 6 saturated heterocycles. The Morgan fingerprint density at radius 2 is 1.08 bits per heavy atom. The second-order valence-electron chi connectivity index (χ2n) is 27.9. The molecule has 21 atom stereocenters. The van der Waals surface area contributed by atoms with E-state index in [1.54, 1.807) is 0 Å². The molecule has 6 heterocycles. The summed E-state index contributed by atoms with van der Waals surface area (Å²) >= 11 is 0. The van der Waals surface area contributed by atoms with E-state index < -0.39 is 142 Å². The molecule has 13 rings (SSSR count). The van der Waals surface area contributed by atoms with Crippen LogP contribution in [-0.2, 0) is 88.8 Å². The molecule has 0 spiro atoms. The number of benzene rings is 6. The lowest BCUT2D eigenvalue weighted by atomic mass is 9.76. The average Bonchev–Trinajstić information content (AvgIpc) is 1.29. The molecule has 7 fully saturated rings. The number of hydrogen-bond acceptors (Lipinski definition) is 18. The van der Waals surface area contributed by atoms with Crippen LogP contribution in [0.2, 0.25) is 5.04 Å². The number of carbonyl (C=O) groups is 4. The topological polar surface area (TPSA) is 222 Å². The summed E-state index contributed by atoms with van der Waals surface area (Å²) in [5.41, 5.74) is 3.34. The van der Waals surface area contributed by atoms with Crippen LogP contribution in [0.15, 0.2) is 182 Å². The second kappa shape index (κ2) is 30.6. The Labute approximate surface area is 573 Å². The zero-order valence-electron chi connectivity index (χ0n) is 56.5. The fourth-order valence-corrected chi connectivity index (χ4v) is 20.2. The van der Waals surface area contributed by atoms with Crippen molar-refractivity contribution in [2.45, 2.75) is 209 Å². The standard InChI is InChI=1S/C77H90N2O18Si/c1-8-56-66(95-73-62(79-76(83)86-44-50-29-17-10-18-30-50)68(87-48(4)80)67-58(90-73)40-39-57(88-67)51-31-19-11-20-32-51)70(97-98(77(5,6)7,54-35-23-13-24-36-54)55-37-25-14-26-38-55)74(89-56)96-69-63(46(2)41-53-42-60(81)92-65(53)69)93-72-61(78-75(82)85-43-49-27-15-9-16-28-49)47(3)64-59(91-72)45-84-71(94-64)52-33-21-12-22-34-52/h9-38,46-47,53,56-59,61-74H,8,39-45H2,1-7H3,(H,78,82)(H,79,83)/t46-,47-,53-,56+,57?,58-,59+,61+,62+,63+,64-,65-,66+,67+,68+,69-,70+,71?,72+,73+,74-/m0/s1. The zero-order valence-corrected chi connectivity index (χ0v) is 57.5. The Bertz CT molecular complexity index is 3560.